The highest BCUT2D eigenvalue weighted by atomic mass is 35.5. The summed E-state index contributed by atoms with van der Waals surface area (Å²) >= 11 is 8.05. The molecule has 3 aliphatic rings. The summed E-state index contributed by atoms with van der Waals surface area (Å²) < 4.78 is 29.6. The molecule has 1 unspecified atom stereocenters. The first-order valence-electron chi connectivity index (χ1n) is 9.21. The van der Waals surface area contributed by atoms with Crippen molar-refractivity contribution in [2.24, 2.45) is 13.0 Å². The SMILES string of the molecule is Cn1ncc(Cl)c1CC1c2cc(F)ccc2SN1CC1CC2(C1)OCCO2. The van der Waals surface area contributed by atoms with E-state index in [1.165, 1.54) is 6.07 Å². The van der Waals surface area contributed by atoms with Gasteiger partial charge in [0.15, 0.2) is 5.79 Å². The van der Waals surface area contributed by atoms with E-state index in [0.717, 1.165) is 35.5 Å². The molecule has 1 spiro atoms. The Labute approximate surface area is 166 Å². The van der Waals surface area contributed by atoms with Crippen molar-refractivity contribution in [3.05, 3.63) is 46.5 Å². The molecule has 1 saturated heterocycles. The van der Waals surface area contributed by atoms with E-state index in [2.05, 4.69) is 9.40 Å². The number of aromatic nitrogens is 2. The Kier molecular flexibility index (Phi) is 4.48. The van der Waals surface area contributed by atoms with Crippen molar-refractivity contribution in [2.75, 3.05) is 19.8 Å². The number of hydrogen-bond donors (Lipinski definition) is 0. The Bertz CT molecular complexity index is 843. The largest absolute Gasteiger partial charge is 0.348 e. The third-order valence-electron chi connectivity index (χ3n) is 5.74. The molecular weight excluding hydrogens is 389 g/mol. The van der Waals surface area contributed by atoms with Crippen LogP contribution in [0.1, 0.15) is 30.1 Å². The molecule has 3 heterocycles. The van der Waals surface area contributed by atoms with Crippen LogP contribution in [0.25, 0.3) is 0 Å². The highest BCUT2D eigenvalue weighted by Crippen LogP contribution is 2.50. The van der Waals surface area contributed by atoms with Crippen LogP contribution in [0.2, 0.25) is 5.02 Å². The van der Waals surface area contributed by atoms with Crippen LogP contribution in [-0.2, 0) is 22.9 Å². The van der Waals surface area contributed by atoms with Crippen molar-refractivity contribution in [3.8, 4) is 0 Å². The van der Waals surface area contributed by atoms with E-state index < -0.39 is 0 Å². The molecule has 8 heteroatoms. The first kappa shape index (κ1) is 17.9. The lowest BCUT2D eigenvalue weighted by Gasteiger charge is -2.44. The molecule has 1 aromatic heterocycles. The van der Waals surface area contributed by atoms with E-state index in [9.17, 15) is 4.39 Å². The fourth-order valence-corrected chi connectivity index (χ4v) is 5.89. The Morgan fingerprint density at radius 3 is 2.81 bits per heavy atom. The number of hydrogen-bond acceptors (Lipinski definition) is 5. The first-order chi connectivity index (χ1) is 13.0. The molecule has 0 radical (unpaired) electrons. The van der Waals surface area contributed by atoms with Crippen LogP contribution in [0.15, 0.2) is 29.3 Å². The molecule has 144 valence electrons. The van der Waals surface area contributed by atoms with E-state index in [0.29, 0.717) is 30.6 Å². The van der Waals surface area contributed by atoms with Crippen LogP contribution < -0.4 is 0 Å². The van der Waals surface area contributed by atoms with Gasteiger partial charge in [-0.15, -0.1) is 0 Å². The Hall–Kier alpha value is -1.12. The van der Waals surface area contributed by atoms with E-state index in [4.69, 9.17) is 21.1 Å². The smallest absolute Gasteiger partial charge is 0.169 e. The van der Waals surface area contributed by atoms with Gasteiger partial charge >= 0.3 is 0 Å². The summed E-state index contributed by atoms with van der Waals surface area (Å²) in [5, 5.41) is 4.90. The summed E-state index contributed by atoms with van der Waals surface area (Å²) in [7, 11) is 1.89. The van der Waals surface area contributed by atoms with Gasteiger partial charge in [0.1, 0.15) is 5.82 Å². The lowest BCUT2D eigenvalue weighted by atomic mass is 9.78. The summed E-state index contributed by atoms with van der Waals surface area (Å²) in [6.07, 6.45) is 4.21. The number of ether oxygens (including phenoxy) is 2. The molecule has 1 aromatic carbocycles. The predicted molar refractivity (Wildman–Crippen MR) is 101 cm³/mol. The van der Waals surface area contributed by atoms with E-state index in [-0.39, 0.29) is 17.6 Å². The monoisotopic (exact) mass is 409 g/mol. The van der Waals surface area contributed by atoms with Gasteiger partial charge in [-0.1, -0.05) is 11.6 Å². The van der Waals surface area contributed by atoms with Gasteiger partial charge < -0.3 is 9.47 Å². The maximum atomic E-state index is 13.9. The fourth-order valence-electron chi connectivity index (χ4n) is 4.37. The van der Waals surface area contributed by atoms with Gasteiger partial charge in [-0.05, 0) is 41.6 Å². The van der Waals surface area contributed by atoms with Gasteiger partial charge in [0.25, 0.3) is 0 Å². The van der Waals surface area contributed by atoms with Crippen molar-refractivity contribution < 1.29 is 13.9 Å². The molecule has 27 heavy (non-hydrogen) atoms. The second-order valence-electron chi connectivity index (χ2n) is 7.54. The summed E-state index contributed by atoms with van der Waals surface area (Å²) in [4.78, 5) is 1.11. The fraction of sp³-hybridized carbons (Fsp3) is 0.526. The predicted octanol–water partition coefficient (Wildman–Crippen LogP) is 3.97. The molecule has 0 amide bonds. The quantitative estimate of drug-likeness (QED) is 0.714. The van der Waals surface area contributed by atoms with Crippen LogP contribution in [0.4, 0.5) is 4.39 Å². The molecule has 5 rings (SSSR count). The average molecular weight is 410 g/mol. The lowest BCUT2D eigenvalue weighted by Crippen LogP contribution is -2.48. The van der Waals surface area contributed by atoms with Gasteiger partial charge in [0, 0.05) is 37.8 Å². The number of benzene rings is 1. The Morgan fingerprint density at radius 2 is 2.11 bits per heavy atom. The molecule has 1 saturated carbocycles. The molecule has 5 nitrogen and oxygen atoms in total. The van der Waals surface area contributed by atoms with E-state index in [1.54, 1.807) is 28.9 Å². The van der Waals surface area contributed by atoms with Crippen molar-refractivity contribution >= 4 is 23.5 Å². The van der Waals surface area contributed by atoms with Crippen LogP contribution in [0.3, 0.4) is 0 Å². The van der Waals surface area contributed by atoms with Gasteiger partial charge in [0.2, 0.25) is 0 Å². The van der Waals surface area contributed by atoms with Crippen LogP contribution in [-0.4, -0.2) is 39.6 Å². The highest BCUT2D eigenvalue weighted by molar-refractivity contribution is 7.97. The first-order valence-corrected chi connectivity index (χ1v) is 10.4. The summed E-state index contributed by atoms with van der Waals surface area (Å²) in [6, 6.07) is 5.12. The van der Waals surface area contributed by atoms with Crippen molar-refractivity contribution in [2.45, 2.75) is 36.0 Å². The van der Waals surface area contributed by atoms with Gasteiger partial charge in [0.05, 0.1) is 36.2 Å². The average Bonchev–Trinajstić information content (AvgIpc) is 3.30. The molecule has 2 aliphatic heterocycles. The summed E-state index contributed by atoms with van der Waals surface area (Å²) in [5.41, 5.74) is 2.00. The third-order valence-corrected chi connectivity index (χ3v) is 7.26. The van der Waals surface area contributed by atoms with Crippen molar-refractivity contribution in [3.63, 3.8) is 0 Å². The minimum Gasteiger partial charge on any atom is -0.348 e. The Morgan fingerprint density at radius 1 is 1.33 bits per heavy atom. The zero-order valence-corrected chi connectivity index (χ0v) is 16.6. The Balaban J connectivity index is 1.37. The zero-order valence-electron chi connectivity index (χ0n) is 15.0. The van der Waals surface area contributed by atoms with Gasteiger partial charge in [-0.2, -0.15) is 5.10 Å². The standard InChI is InChI=1S/C19H21ClFN3O2S/c1-23-17(15(20)10-22-23)7-16-14-6-13(21)2-3-18(14)27-24(16)11-12-8-19(9-12)25-4-5-26-19/h2-3,6,10,12,16H,4-5,7-9,11H2,1H3. The topological polar surface area (TPSA) is 39.5 Å². The number of rotatable bonds is 4. The van der Waals surface area contributed by atoms with Crippen LogP contribution in [0.5, 0.6) is 0 Å². The number of aryl methyl sites for hydroxylation is 1. The lowest BCUT2D eigenvalue weighted by molar-refractivity contribution is -0.231. The summed E-state index contributed by atoms with van der Waals surface area (Å²) in [5.74, 6) is -0.0265. The van der Waals surface area contributed by atoms with Gasteiger partial charge in [-0.25, -0.2) is 8.70 Å². The van der Waals surface area contributed by atoms with E-state index >= 15 is 0 Å². The number of fused-ring (bicyclic) bond motifs is 1. The molecule has 1 aliphatic carbocycles. The molecule has 0 bridgehead atoms. The second kappa shape index (κ2) is 6.74. The van der Waals surface area contributed by atoms with Crippen molar-refractivity contribution in [1.82, 2.24) is 14.1 Å². The molecule has 2 fully saturated rings. The second-order valence-corrected chi connectivity index (χ2v) is 9.04. The molecular formula is C19H21ClFN3O2S. The van der Waals surface area contributed by atoms with E-state index in [1.807, 2.05) is 13.1 Å². The van der Waals surface area contributed by atoms with Gasteiger partial charge in [-0.3, -0.25) is 4.68 Å². The van der Waals surface area contributed by atoms with Crippen LogP contribution in [0, 0.1) is 11.7 Å². The molecule has 0 N–H and O–H groups in total. The third kappa shape index (κ3) is 3.19. The minimum atomic E-state index is -0.338. The number of nitrogens with zero attached hydrogens (tertiary/aromatic N) is 3. The molecule has 2 aromatic rings. The maximum absolute atomic E-state index is 13.9. The number of halogens is 2. The maximum Gasteiger partial charge on any atom is 0.169 e. The van der Waals surface area contributed by atoms with Crippen molar-refractivity contribution in [1.29, 1.82) is 0 Å². The highest BCUT2D eigenvalue weighted by Gasteiger charge is 2.50. The molecule has 1 atom stereocenters. The van der Waals surface area contributed by atoms with Crippen LogP contribution >= 0.6 is 23.5 Å². The minimum absolute atomic E-state index is 0.0653. The summed E-state index contributed by atoms with van der Waals surface area (Å²) in [6.45, 7) is 2.30. The zero-order chi connectivity index (χ0) is 18.6. The normalized spacial score (nSPS) is 24.5.